The zero-order valence-corrected chi connectivity index (χ0v) is 19.2. The molecule has 2 aromatic carbocycles. The fraction of sp³-hybridized carbons (Fsp3) is 0.480. The molecule has 4 nitrogen and oxygen atoms in total. The highest BCUT2D eigenvalue weighted by atomic mass is 35.5. The lowest BCUT2D eigenvalue weighted by molar-refractivity contribution is -0.147. The highest BCUT2D eigenvalue weighted by Gasteiger charge is 2.46. The van der Waals surface area contributed by atoms with Gasteiger partial charge in [-0.2, -0.15) is 0 Å². The van der Waals surface area contributed by atoms with Crippen molar-refractivity contribution in [2.45, 2.75) is 52.4 Å². The van der Waals surface area contributed by atoms with Crippen LogP contribution in [0.5, 0.6) is 0 Å². The molecule has 0 bridgehead atoms. The van der Waals surface area contributed by atoms with Crippen LogP contribution in [0.1, 0.15) is 52.5 Å². The van der Waals surface area contributed by atoms with Gasteiger partial charge in [0.2, 0.25) is 0 Å². The Bertz CT molecular complexity index is 863. The Morgan fingerprint density at radius 2 is 1.67 bits per heavy atom. The molecule has 2 aromatic rings. The van der Waals surface area contributed by atoms with Gasteiger partial charge in [-0.3, -0.25) is 4.79 Å². The molecule has 0 heterocycles. The van der Waals surface area contributed by atoms with E-state index in [0.717, 1.165) is 42.1 Å². The summed E-state index contributed by atoms with van der Waals surface area (Å²) in [6.45, 7) is 10.8. The van der Waals surface area contributed by atoms with E-state index in [-0.39, 0.29) is 0 Å². The van der Waals surface area contributed by atoms with Crippen molar-refractivity contribution in [3.63, 3.8) is 0 Å². The van der Waals surface area contributed by atoms with Crippen molar-refractivity contribution in [2.75, 3.05) is 23.3 Å². The third-order valence-electron chi connectivity index (χ3n) is 5.80. The van der Waals surface area contributed by atoms with Gasteiger partial charge in [0.05, 0.1) is 16.8 Å². The number of hydrogen-bond donors (Lipinski definition) is 2. The van der Waals surface area contributed by atoms with Gasteiger partial charge < -0.3 is 15.3 Å². The van der Waals surface area contributed by atoms with Crippen LogP contribution in [0, 0.1) is 11.8 Å². The number of nitrogens with one attached hydrogen (secondary N) is 1. The molecule has 1 aliphatic rings. The first-order chi connectivity index (χ1) is 14.2. The summed E-state index contributed by atoms with van der Waals surface area (Å²) >= 11 is 6.06. The summed E-state index contributed by atoms with van der Waals surface area (Å²) < 4.78 is 0. The molecule has 0 amide bonds. The lowest BCUT2D eigenvalue weighted by atomic mass is 9.64. The molecule has 0 spiro atoms. The van der Waals surface area contributed by atoms with Crippen LogP contribution in [-0.4, -0.2) is 24.2 Å². The number of nitrogens with zero attached hydrogens (tertiary/aromatic N) is 1. The topological polar surface area (TPSA) is 52.6 Å². The van der Waals surface area contributed by atoms with E-state index < -0.39 is 11.4 Å². The van der Waals surface area contributed by atoms with Crippen LogP contribution in [0.2, 0.25) is 5.02 Å². The summed E-state index contributed by atoms with van der Waals surface area (Å²) in [6, 6.07) is 13.8. The number of hydrogen-bond acceptors (Lipinski definition) is 3. The number of anilines is 3. The number of benzene rings is 2. The molecule has 2 N–H and O–H groups in total. The standard InChI is InChI=1S/C25H33ClN2O2/c1-17(2)15-28(16-18(3)4)23-11-6-19(25(24(29)30)12-5-13-25)14-22(23)27-21-9-7-20(26)8-10-21/h6-11,14,17-18,27H,5,12-13,15-16H2,1-4H3,(H,29,30). The predicted molar refractivity (Wildman–Crippen MR) is 126 cm³/mol. The molecule has 0 aromatic heterocycles. The van der Waals surface area contributed by atoms with Crippen molar-refractivity contribution in [1.82, 2.24) is 0 Å². The quantitative estimate of drug-likeness (QED) is 0.466. The fourth-order valence-electron chi connectivity index (χ4n) is 4.21. The number of carbonyl (C=O) groups is 1. The van der Waals surface area contributed by atoms with Gasteiger partial charge in [0.25, 0.3) is 0 Å². The van der Waals surface area contributed by atoms with Gasteiger partial charge in [-0.25, -0.2) is 0 Å². The molecule has 3 rings (SSSR count). The average molecular weight is 429 g/mol. The van der Waals surface area contributed by atoms with Crippen molar-refractivity contribution in [1.29, 1.82) is 0 Å². The molecule has 1 saturated carbocycles. The van der Waals surface area contributed by atoms with Gasteiger partial charge in [0.15, 0.2) is 0 Å². The van der Waals surface area contributed by atoms with Crippen LogP contribution in [0.4, 0.5) is 17.1 Å². The highest BCUT2D eigenvalue weighted by Crippen LogP contribution is 2.46. The van der Waals surface area contributed by atoms with Crippen LogP contribution < -0.4 is 10.2 Å². The Hall–Kier alpha value is -2.20. The zero-order chi connectivity index (χ0) is 21.9. The normalized spacial score (nSPS) is 15.2. The van der Waals surface area contributed by atoms with Crippen LogP contribution in [0.25, 0.3) is 0 Å². The van der Waals surface area contributed by atoms with E-state index in [1.54, 1.807) is 0 Å². The van der Waals surface area contributed by atoms with Gasteiger partial charge in [-0.15, -0.1) is 0 Å². The molecule has 1 aliphatic carbocycles. The minimum atomic E-state index is -0.754. The van der Waals surface area contributed by atoms with Crippen molar-refractivity contribution in [3.8, 4) is 0 Å². The predicted octanol–water partition coefficient (Wildman–Crippen LogP) is 6.71. The maximum absolute atomic E-state index is 12.1. The molecule has 0 saturated heterocycles. The van der Waals surface area contributed by atoms with E-state index in [1.807, 2.05) is 36.4 Å². The number of carboxylic acid groups (broad SMARTS) is 1. The smallest absolute Gasteiger partial charge is 0.314 e. The molecule has 0 radical (unpaired) electrons. The van der Waals surface area contributed by atoms with Crippen LogP contribution in [0.15, 0.2) is 42.5 Å². The minimum Gasteiger partial charge on any atom is -0.481 e. The molecule has 0 unspecified atom stereocenters. The van der Waals surface area contributed by atoms with Crippen molar-refractivity contribution >= 4 is 34.6 Å². The first-order valence-electron chi connectivity index (χ1n) is 10.9. The number of rotatable bonds is 9. The van der Waals surface area contributed by atoms with Crippen LogP contribution in [-0.2, 0) is 10.2 Å². The van der Waals surface area contributed by atoms with Gasteiger partial charge in [0.1, 0.15) is 0 Å². The SMILES string of the molecule is CC(C)CN(CC(C)C)c1ccc(C2(C(=O)O)CCC2)cc1Nc1ccc(Cl)cc1. The van der Waals surface area contributed by atoms with Gasteiger partial charge >= 0.3 is 5.97 Å². The summed E-state index contributed by atoms with van der Waals surface area (Å²) in [6.07, 6.45) is 2.36. The largest absolute Gasteiger partial charge is 0.481 e. The summed E-state index contributed by atoms with van der Waals surface area (Å²) in [5.74, 6) is 0.313. The van der Waals surface area contributed by atoms with Crippen molar-refractivity contribution in [2.24, 2.45) is 11.8 Å². The molecular formula is C25H33ClN2O2. The first-order valence-corrected chi connectivity index (χ1v) is 11.2. The first kappa shape index (κ1) is 22.5. The maximum atomic E-state index is 12.1. The van der Waals surface area contributed by atoms with E-state index in [1.165, 1.54) is 0 Å². The minimum absolute atomic E-state index is 0.517. The Morgan fingerprint density at radius 3 is 2.13 bits per heavy atom. The molecule has 0 aliphatic heterocycles. The van der Waals surface area contributed by atoms with E-state index in [4.69, 9.17) is 11.6 Å². The zero-order valence-electron chi connectivity index (χ0n) is 18.4. The molecule has 30 heavy (non-hydrogen) atoms. The van der Waals surface area contributed by atoms with E-state index >= 15 is 0 Å². The third-order valence-corrected chi connectivity index (χ3v) is 6.05. The monoisotopic (exact) mass is 428 g/mol. The molecule has 5 heteroatoms. The van der Waals surface area contributed by atoms with Gasteiger partial charge in [-0.05, 0) is 66.6 Å². The summed E-state index contributed by atoms with van der Waals surface area (Å²) in [7, 11) is 0. The second kappa shape index (κ2) is 9.30. The second-order valence-corrected chi connectivity index (χ2v) is 9.73. The molecule has 1 fully saturated rings. The Morgan fingerprint density at radius 1 is 1.07 bits per heavy atom. The molecular weight excluding hydrogens is 396 g/mol. The second-order valence-electron chi connectivity index (χ2n) is 9.30. The van der Waals surface area contributed by atoms with Gasteiger partial charge in [-0.1, -0.05) is 51.8 Å². The fourth-order valence-corrected chi connectivity index (χ4v) is 4.33. The van der Waals surface area contributed by atoms with Crippen molar-refractivity contribution in [3.05, 3.63) is 53.1 Å². The molecule has 162 valence electrons. The number of halogens is 1. The Labute approximate surface area is 185 Å². The van der Waals surface area contributed by atoms with Crippen LogP contribution >= 0.6 is 11.6 Å². The lowest BCUT2D eigenvalue weighted by Crippen LogP contribution is -2.42. The summed E-state index contributed by atoms with van der Waals surface area (Å²) in [5, 5.41) is 14.1. The molecule has 0 atom stereocenters. The number of aliphatic carboxylic acids is 1. The Kier molecular flexibility index (Phi) is 6.97. The number of carboxylic acids is 1. The lowest BCUT2D eigenvalue weighted by Gasteiger charge is -2.39. The highest BCUT2D eigenvalue weighted by molar-refractivity contribution is 6.30. The third kappa shape index (κ3) is 4.92. The van der Waals surface area contributed by atoms with E-state index in [0.29, 0.717) is 29.7 Å². The Balaban J connectivity index is 2.05. The maximum Gasteiger partial charge on any atom is 0.314 e. The summed E-state index contributed by atoms with van der Waals surface area (Å²) in [5.41, 5.74) is 3.12. The van der Waals surface area contributed by atoms with E-state index in [2.05, 4.69) is 44.0 Å². The van der Waals surface area contributed by atoms with E-state index in [9.17, 15) is 9.90 Å². The summed E-state index contributed by atoms with van der Waals surface area (Å²) in [4.78, 5) is 14.5. The average Bonchev–Trinajstić information content (AvgIpc) is 2.61. The van der Waals surface area contributed by atoms with Crippen molar-refractivity contribution < 1.29 is 9.90 Å². The van der Waals surface area contributed by atoms with Gasteiger partial charge in [0, 0.05) is 23.8 Å². The van der Waals surface area contributed by atoms with Crippen LogP contribution in [0.3, 0.4) is 0 Å².